The van der Waals surface area contributed by atoms with Gasteiger partial charge in [-0.3, -0.25) is 4.79 Å². The van der Waals surface area contributed by atoms with Crippen molar-refractivity contribution in [2.24, 2.45) is 5.92 Å². The topological polar surface area (TPSA) is 191 Å². The summed E-state index contributed by atoms with van der Waals surface area (Å²) in [5, 5.41) is 49.9. The van der Waals surface area contributed by atoms with Gasteiger partial charge in [-0.05, 0) is 31.5 Å². The van der Waals surface area contributed by atoms with Crippen molar-refractivity contribution in [3.05, 3.63) is 47.2 Å². The Balaban J connectivity index is 1.69. The summed E-state index contributed by atoms with van der Waals surface area (Å²) in [6.45, 7) is 3.18. The van der Waals surface area contributed by atoms with Crippen molar-refractivity contribution in [3.63, 3.8) is 0 Å². The zero-order chi connectivity index (χ0) is 29.4. The molecule has 0 saturated carbocycles. The van der Waals surface area contributed by atoms with Crippen LogP contribution in [0.2, 0.25) is 0 Å². The number of allylic oxidation sites excluding steroid dienone is 1. The average molecular weight is 569 g/mol. The predicted molar refractivity (Wildman–Crippen MR) is 136 cm³/mol. The first kappa shape index (κ1) is 31.3. The number of phenolic OH excluding ortho intramolecular Hbond substituents is 1. The summed E-state index contributed by atoms with van der Waals surface area (Å²) in [7, 11) is 1.18. The Hall–Kier alpha value is -3.20. The second-order valence-corrected chi connectivity index (χ2v) is 9.12. The van der Waals surface area contributed by atoms with Crippen LogP contribution < -0.4 is 4.74 Å². The molecule has 1 fully saturated rings. The highest BCUT2D eigenvalue weighted by atomic mass is 16.8. The normalized spacial score (nSPS) is 29.3. The first-order valence-corrected chi connectivity index (χ1v) is 12.8. The number of aliphatic hydroxyl groups is 4. The summed E-state index contributed by atoms with van der Waals surface area (Å²) in [5.74, 6) is -1.94. The molecule has 2 aliphatic heterocycles. The second-order valence-electron chi connectivity index (χ2n) is 9.12. The number of phenols is 1. The highest BCUT2D eigenvalue weighted by Crippen LogP contribution is 2.36. The minimum Gasteiger partial charge on any atom is -0.504 e. The van der Waals surface area contributed by atoms with E-state index in [4.69, 9.17) is 28.4 Å². The van der Waals surface area contributed by atoms with E-state index >= 15 is 0 Å². The number of rotatable bonds is 11. The monoisotopic (exact) mass is 568 g/mol. The number of hydrogen-bond acceptors (Lipinski definition) is 13. The summed E-state index contributed by atoms with van der Waals surface area (Å²) in [5.41, 5.74) is 1.06. The lowest BCUT2D eigenvalue weighted by atomic mass is 9.86. The number of benzene rings is 1. The second kappa shape index (κ2) is 14.4. The van der Waals surface area contributed by atoms with Gasteiger partial charge in [0, 0.05) is 17.9 Å². The molecule has 1 aromatic carbocycles. The Bertz CT molecular complexity index is 1080. The fourth-order valence-corrected chi connectivity index (χ4v) is 4.43. The molecule has 0 bridgehead atoms. The summed E-state index contributed by atoms with van der Waals surface area (Å²) in [6, 6.07) is 4.89. The smallest absolute Gasteiger partial charge is 0.337 e. The van der Waals surface area contributed by atoms with Gasteiger partial charge in [-0.25, -0.2) is 4.79 Å². The molecule has 0 aromatic heterocycles. The molecule has 7 atom stereocenters. The maximum absolute atomic E-state index is 12.8. The van der Waals surface area contributed by atoms with Crippen LogP contribution in [-0.2, 0) is 39.7 Å². The van der Waals surface area contributed by atoms with Crippen molar-refractivity contribution in [1.82, 2.24) is 0 Å². The molecule has 2 aliphatic rings. The van der Waals surface area contributed by atoms with Crippen LogP contribution >= 0.6 is 0 Å². The van der Waals surface area contributed by atoms with Crippen LogP contribution in [0.5, 0.6) is 11.5 Å². The number of carbonyl (C=O) groups excluding carboxylic acids is 2. The molecule has 40 heavy (non-hydrogen) atoms. The van der Waals surface area contributed by atoms with Gasteiger partial charge in [0.1, 0.15) is 24.4 Å². The summed E-state index contributed by atoms with van der Waals surface area (Å²) < 4.78 is 32.2. The van der Waals surface area contributed by atoms with E-state index in [1.165, 1.54) is 13.2 Å². The van der Waals surface area contributed by atoms with Gasteiger partial charge in [0.25, 0.3) is 0 Å². The first-order chi connectivity index (χ1) is 19.1. The van der Waals surface area contributed by atoms with Crippen molar-refractivity contribution in [2.75, 3.05) is 26.9 Å². The predicted octanol–water partition coefficient (Wildman–Crippen LogP) is 0.0589. The Morgan fingerprint density at radius 1 is 1.12 bits per heavy atom. The Kier molecular flexibility index (Phi) is 11.3. The molecular weight excluding hydrogens is 532 g/mol. The fourth-order valence-electron chi connectivity index (χ4n) is 4.43. The first-order valence-electron chi connectivity index (χ1n) is 12.8. The third kappa shape index (κ3) is 7.30. The van der Waals surface area contributed by atoms with Gasteiger partial charge < -0.3 is 54.0 Å². The molecule has 13 nitrogen and oxygen atoms in total. The summed E-state index contributed by atoms with van der Waals surface area (Å²) >= 11 is 0. The Labute approximate surface area is 231 Å². The van der Waals surface area contributed by atoms with Crippen molar-refractivity contribution in [3.8, 4) is 11.5 Å². The number of carbonyl (C=O) groups is 2. The maximum Gasteiger partial charge on any atom is 0.337 e. The molecule has 0 aliphatic carbocycles. The minimum absolute atomic E-state index is 0.00270. The molecular formula is C27H36O13. The number of aliphatic hydroxyl groups excluding tert-OH is 4. The molecule has 0 unspecified atom stereocenters. The van der Waals surface area contributed by atoms with Gasteiger partial charge in [0.05, 0.1) is 45.2 Å². The van der Waals surface area contributed by atoms with Crippen LogP contribution in [0.25, 0.3) is 0 Å². The van der Waals surface area contributed by atoms with Gasteiger partial charge in [-0.2, -0.15) is 0 Å². The van der Waals surface area contributed by atoms with Crippen LogP contribution in [0, 0.1) is 5.92 Å². The molecule has 3 rings (SSSR count). The zero-order valence-electron chi connectivity index (χ0n) is 22.5. The van der Waals surface area contributed by atoms with E-state index in [0.717, 1.165) is 11.8 Å². The number of methoxy groups -OCH3 is 1. The van der Waals surface area contributed by atoms with Crippen LogP contribution in [0.4, 0.5) is 0 Å². The lowest BCUT2D eigenvalue weighted by Crippen LogP contribution is -2.60. The van der Waals surface area contributed by atoms with Crippen molar-refractivity contribution >= 4 is 11.9 Å². The number of esters is 2. The molecule has 222 valence electrons. The van der Waals surface area contributed by atoms with E-state index in [1.54, 1.807) is 32.1 Å². The molecule has 1 saturated heterocycles. The lowest BCUT2D eigenvalue weighted by molar-refractivity contribution is -0.327. The molecule has 0 amide bonds. The van der Waals surface area contributed by atoms with Crippen molar-refractivity contribution < 1.29 is 63.5 Å². The van der Waals surface area contributed by atoms with Gasteiger partial charge in [-0.1, -0.05) is 12.1 Å². The average Bonchev–Trinajstić information content (AvgIpc) is 2.94. The number of ether oxygens (including phenoxy) is 6. The Morgan fingerprint density at radius 3 is 2.50 bits per heavy atom. The standard InChI is InChI=1S/C27H36O13/c1-4-15-16(11-21(30)37-9-8-14-6-7-19(36-5-2)18(29)10-14)17(25(34)35-3)13-38-26(15)40-27-24(33)23(32)22(31)20(12-28)39-27/h4,6-7,10,13,16,20,22-24,26-29,31-33H,5,8-9,11-12H2,1-3H3/b15-4+/t16-,20+,22+,23-,24+,26-,27-/m0/s1. The largest absolute Gasteiger partial charge is 0.504 e. The summed E-state index contributed by atoms with van der Waals surface area (Å²) in [6.07, 6.45) is -6.23. The molecule has 5 N–H and O–H groups in total. The minimum atomic E-state index is -1.68. The molecule has 2 heterocycles. The SMILES string of the molecule is C/C=C1/[C@H](O[C@@H]2O[C@H](CO)[C@@H](O)[C@H](O)[C@H]2O)OC=C(C(=O)OC)[C@H]1CC(=O)OCCc1ccc(OCC)c(O)c1. The van der Waals surface area contributed by atoms with Crippen molar-refractivity contribution in [1.29, 1.82) is 0 Å². The molecule has 13 heteroatoms. The highest BCUT2D eigenvalue weighted by Gasteiger charge is 2.46. The van der Waals surface area contributed by atoms with Gasteiger partial charge >= 0.3 is 11.9 Å². The lowest BCUT2D eigenvalue weighted by Gasteiger charge is -2.41. The maximum atomic E-state index is 12.8. The zero-order valence-corrected chi connectivity index (χ0v) is 22.5. The number of aromatic hydroxyl groups is 1. The number of hydrogen-bond donors (Lipinski definition) is 5. The fraction of sp³-hybridized carbons (Fsp3) is 0.556. The van der Waals surface area contributed by atoms with E-state index in [-0.39, 0.29) is 24.4 Å². The van der Waals surface area contributed by atoms with Crippen LogP contribution in [-0.4, -0.2) is 101 Å². The third-order valence-corrected chi connectivity index (χ3v) is 6.58. The Morgan fingerprint density at radius 2 is 1.88 bits per heavy atom. The van der Waals surface area contributed by atoms with E-state index in [2.05, 4.69) is 0 Å². The van der Waals surface area contributed by atoms with E-state index in [1.807, 2.05) is 0 Å². The van der Waals surface area contributed by atoms with Crippen LogP contribution in [0.1, 0.15) is 25.8 Å². The molecule has 1 aromatic rings. The summed E-state index contributed by atoms with van der Waals surface area (Å²) in [4.78, 5) is 25.3. The molecule has 0 spiro atoms. The van der Waals surface area contributed by atoms with Crippen molar-refractivity contribution in [2.45, 2.75) is 63.7 Å². The van der Waals surface area contributed by atoms with Gasteiger partial charge in [0.2, 0.25) is 6.29 Å². The highest BCUT2D eigenvalue weighted by molar-refractivity contribution is 5.90. The third-order valence-electron chi connectivity index (χ3n) is 6.58. The van der Waals surface area contributed by atoms with E-state index in [9.17, 15) is 35.1 Å². The van der Waals surface area contributed by atoms with Gasteiger partial charge in [0.15, 0.2) is 17.8 Å². The van der Waals surface area contributed by atoms with Crippen LogP contribution in [0.3, 0.4) is 0 Å². The van der Waals surface area contributed by atoms with E-state index < -0.39 is 61.5 Å². The van der Waals surface area contributed by atoms with E-state index in [0.29, 0.717) is 24.4 Å². The molecule has 0 radical (unpaired) electrons. The quantitative estimate of drug-likeness (QED) is 0.178. The van der Waals surface area contributed by atoms with Gasteiger partial charge in [-0.15, -0.1) is 0 Å². The van der Waals surface area contributed by atoms with Crippen LogP contribution in [0.15, 0.2) is 41.7 Å².